The van der Waals surface area contributed by atoms with Gasteiger partial charge >= 0.3 is 5.97 Å². The molecule has 0 saturated carbocycles. The van der Waals surface area contributed by atoms with E-state index < -0.39 is 0 Å². The summed E-state index contributed by atoms with van der Waals surface area (Å²) in [5.74, 6) is -0.388. The molecule has 2 rings (SSSR count). The van der Waals surface area contributed by atoms with Crippen molar-refractivity contribution in [1.29, 1.82) is 0 Å². The van der Waals surface area contributed by atoms with Crippen molar-refractivity contribution < 1.29 is 9.53 Å². The van der Waals surface area contributed by atoms with Crippen LogP contribution in [0.15, 0.2) is 30.9 Å². The van der Waals surface area contributed by atoms with Gasteiger partial charge in [-0.15, -0.1) is 0 Å². The third-order valence-corrected chi connectivity index (χ3v) is 2.52. The summed E-state index contributed by atoms with van der Waals surface area (Å²) < 4.78 is 6.72. The average Bonchev–Trinajstić information content (AvgIpc) is 2.80. The molecule has 18 heavy (non-hydrogen) atoms. The Balaban J connectivity index is 1.91. The summed E-state index contributed by atoms with van der Waals surface area (Å²) in [4.78, 5) is 15.5. The third-order valence-electron chi connectivity index (χ3n) is 2.30. The second-order valence-corrected chi connectivity index (χ2v) is 4.25. The average molecular weight is 266 g/mol. The molecule has 0 bridgehead atoms. The quantitative estimate of drug-likeness (QED) is 0.795. The molecule has 0 radical (unpaired) electrons. The van der Waals surface area contributed by atoms with Crippen molar-refractivity contribution in [3.63, 3.8) is 0 Å². The van der Waals surface area contributed by atoms with Crippen LogP contribution in [0, 0.1) is 6.92 Å². The summed E-state index contributed by atoms with van der Waals surface area (Å²) in [6, 6.07) is 5.11. The predicted molar refractivity (Wildman–Crippen MR) is 66.5 cm³/mol. The van der Waals surface area contributed by atoms with Crippen LogP contribution in [-0.2, 0) is 11.3 Å². The first-order valence-corrected chi connectivity index (χ1v) is 5.79. The van der Waals surface area contributed by atoms with Crippen LogP contribution in [0.4, 0.5) is 0 Å². The molecular formula is C12H12ClN3O2. The van der Waals surface area contributed by atoms with Crippen LogP contribution in [0.25, 0.3) is 0 Å². The number of rotatable bonds is 4. The fraction of sp³-hybridized carbons (Fsp3) is 0.250. The Morgan fingerprint density at radius 2 is 2.28 bits per heavy atom. The van der Waals surface area contributed by atoms with Crippen molar-refractivity contribution >= 4 is 17.6 Å². The van der Waals surface area contributed by atoms with Crippen LogP contribution in [0.5, 0.6) is 0 Å². The molecule has 0 N–H and O–H groups in total. The molecule has 0 atom stereocenters. The van der Waals surface area contributed by atoms with Gasteiger partial charge in [0.15, 0.2) is 0 Å². The molecule has 0 aliphatic carbocycles. The lowest BCUT2D eigenvalue weighted by molar-refractivity contribution is 0.0487. The number of hydrogen-bond donors (Lipinski definition) is 0. The van der Waals surface area contributed by atoms with Gasteiger partial charge in [-0.25, -0.2) is 14.5 Å². The van der Waals surface area contributed by atoms with E-state index in [0.717, 1.165) is 5.56 Å². The molecule has 0 fully saturated rings. The Morgan fingerprint density at radius 1 is 1.44 bits per heavy atom. The minimum atomic E-state index is -0.388. The van der Waals surface area contributed by atoms with Crippen molar-refractivity contribution in [3.8, 4) is 0 Å². The lowest BCUT2D eigenvalue weighted by atomic mass is 10.1. The first kappa shape index (κ1) is 12.6. The molecule has 6 heteroatoms. The number of hydrogen-bond acceptors (Lipinski definition) is 4. The molecule has 1 aromatic carbocycles. The van der Waals surface area contributed by atoms with E-state index in [-0.39, 0.29) is 12.6 Å². The normalized spacial score (nSPS) is 10.3. The zero-order valence-electron chi connectivity index (χ0n) is 9.84. The first-order chi connectivity index (χ1) is 8.65. The Labute approximate surface area is 109 Å². The van der Waals surface area contributed by atoms with Crippen LogP contribution >= 0.6 is 11.6 Å². The molecule has 94 valence electrons. The molecule has 0 unspecified atom stereocenters. The smallest absolute Gasteiger partial charge is 0.338 e. The molecular weight excluding hydrogens is 254 g/mol. The highest BCUT2D eigenvalue weighted by Gasteiger charge is 2.08. The van der Waals surface area contributed by atoms with E-state index in [9.17, 15) is 4.79 Å². The lowest BCUT2D eigenvalue weighted by Crippen LogP contribution is -2.12. The molecule has 0 spiro atoms. The number of nitrogens with zero attached hydrogens (tertiary/aromatic N) is 3. The SMILES string of the molecule is Cc1cc(Cl)cc(C(=O)OCCn2cncn2)c1. The fourth-order valence-electron chi connectivity index (χ4n) is 1.52. The van der Waals surface area contributed by atoms with Gasteiger partial charge in [0, 0.05) is 5.02 Å². The van der Waals surface area contributed by atoms with E-state index in [0.29, 0.717) is 17.1 Å². The highest BCUT2D eigenvalue weighted by Crippen LogP contribution is 2.15. The molecule has 1 heterocycles. The highest BCUT2D eigenvalue weighted by molar-refractivity contribution is 6.31. The number of carbonyl (C=O) groups is 1. The maximum absolute atomic E-state index is 11.8. The minimum Gasteiger partial charge on any atom is -0.460 e. The van der Waals surface area contributed by atoms with Gasteiger partial charge in [-0.1, -0.05) is 11.6 Å². The largest absolute Gasteiger partial charge is 0.460 e. The molecule has 1 aromatic heterocycles. The fourth-order valence-corrected chi connectivity index (χ4v) is 1.81. The summed E-state index contributed by atoms with van der Waals surface area (Å²) >= 11 is 5.88. The Kier molecular flexibility index (Phi) is 3.94. The van der Waals surface area contributed by atoms with E-state index in [1.54, 1.807) is 29.2 Å². The number of ether oxygens (including phenoxy) is 1. The molecule has 0 saturated heterocycles. The van der Waals surface area contributed by atoms with Crippen LogP contribution in [0.2, 0.25) is 5.02 Å². The number of esters is 1. The van der Waals surface area contributed by atoms with Crippen LogP contribution < -0.4 is 0 Å². The van der Waals surface area contributed by atoms with Crippen LogP contribution in [0.3, 0.4) is 0 Å². The zero-order valence-corrected chi connectivity index (χ0v) is 10.6. The number of halogens is 1. The number of aryl methyl sites for hydroxylation is 1. The van der Waals surface area contributed by atoms with Gasteiger partial charge in [-0.05, 0) is 30.7 Å². The van der Waals surface area contributed by atoms with Crippen molar-refractivity contribution in [3.05, 3.63) is 47.0 Å². The maximum atomic E-state index is 11.8. The predicted octanol–water partition coefficient (Wildman–Crippen LogP) is 2.10. The second kappa shape index (κ2) is 5.64. The Morgan fingerprint density at radius 3 is 2.94 bits per heavy atom. The van der Waals surface area contributed by atoms with Crippen molar-refractivity contribution in [2.45, 2.75) is 13.5 Å². The second-order valence-electron chi connectivity index (χ2n) is 3.81. The standard InChI is InChI=1S/C12H12ClN3O2/c1-9-4-10(6-11(13)5-9)12(17)18-3-2-16-8-14-7-15-16/h4-8H,2-3H2,1H3. The molecule has 0 aliphatic rings. The minimum absolute atomic E-state index is 0.244. The van der Waals surface area contributed by atoms with E-state index in [1.165, 1.54) is 6.33 Å². The van der Waals surface area contributed by atoms with E-state index in [4.69, 9.17) is 16.3 Å². The summed E-state index contributed by atoms with van der Waals surface area (Å²) in [5.41, 5.74) is 1.38. The summed E-state index contributed by atoms with van der Waals surface area (Å²) in [6.45, 7) is 2.59. The van der Waals surface area contributed by atoms with Gasteiger partial charge in [0.25, 0.3) is 0 Å². The van der Waals surface area contributed by atoms with E-state index in [2.05, 4.69) is 10.1 Å². The van der Waals surface area contributed by atoms with Crippen LogP contribution in [0.1, 0.15) is 15.9 Å². The zero-order chi connectivity index (χ0) is 13.0. The van der Waals surface area contributed by atoms with Gasteiger partial charge in [0.2, 0.25) is 0 Å². The van der Waals surface area contributed by atoms with Crippen molar-refractivity contribution in [1.82, 2.24) is 14.8 Å². The third kappa shape index (κ3) is 3.30. The topological polar surface area (TPSA) is 57.0 Å². The van der Waals surface area contributed by atoms with Crippen LogP contribution in [-0.4, -0.2) is 27.3 Å². The monoisotopic (exact) mass is 265 g/mol. The maximum Gasteiger partial charge on any atom is 0.338 e. The van der Waals surface area contributed by atoms with Gasteiger partial charge in [0.1, 0.15) is 19.3 Å². The lowest BCUT2D eigenvalue weighted by Gasteiger charge is -2.06. The van der Waals surface area contributed by atoms with E-state index >= 15 is 0 Å². The Bertz CT molecular complexity index is 520. The molecule has 2 aromatic rings. The molecule has 0 amide bonds. The summed E-state index contributed by atoms with van der Waals surface area (Å²) in [5, 5.41) is 4.43. The Hall–Kier alpha value is -1.88. The number of aromatic nitrogens is 3. The van der Waals surface area contributed by atoms with Gasteiger partial charge < -0.3 is 4.74 Å². The van der Waals surface area contributed by atoms with Gasteiger partial charge in [-0.3, -0.25) is 0 Å². The van der Waals surface area contributed by atoms with Crippen molar-refractivity contribution in [2.24, 2.45) is 0 Å². The molecule has 0 aliphatic heterocycles. The molecule has 5 nitrogen and oxygen atoms in total. The highest BCUT2D eigenvalue weighted by atomic mass is 35.5. The van der Waals surface area contributed by atoms with Crippen molar-refractivity contribution in [2.75, 3.05) is 6.61 Å². The number of benzene rings is 1. The van der Waals surface area contributed by atoms with E-state index in [1.807, 2.05) is 6.92 Å². The van der Waals surface area contributed by atoms with Gasteiger partial charge in [-0.2, -0.15) is 5.10 Å². The first-order valence-electron chi connectivity index (χ1n) is 5.42. The van der Waals surface area contributed by atoms with Gasteiger partial charge in [0.05, 0.1) is 12.1 Å². The summed E-state index contributed by atoms with van der Waals surface area (Å²) in [6.07, 6.45) is 3.00. The summed E-state index contributed by atoms with van der Waals surface area (Å²) in [7, 11) is 0. The number of carbonyl (C=O) groups excluding carboxylic acids is 1.